The molecule has 15 heavy (non-hydrogen) atoms. The average Bonchev–Trinajstić information content (AvgIpc) is 2.20. The van der Waals surface area contributed by atoms with Gasteiger partial charge in [0.25, 0.3) is 0 Å². The molecule has 0 aliphatic heterocycles. The Morgan fingerprint density at radius 1 is 1.13 bits per heavy atom. The highest BCUT2D eigenvalue weighted by atomic mass is 35.5. The molecule has 0 bridgehead atoms. The molecule has 0 aliphatic carbocycles. The third-order valence-electron chi connectivity index (χ3n) is 1.30. The Kier molecular flexibility index (Phi) is 17.6. The smallest absolute Gasteiger partial charge is 0.211 e. The molecular formula is C9H14Cl2N2O2. The first-order valence-corrected chi connectivity index (χ1v) is 5.41. The number of carbonyl (C=O) groups excluding carboxylic acids is 2. The van der Waals surface area contributed by atoms with Crippen LogP contribution in [0.4, 0.5) is 0 Å². The highest BCUT2D eigenvalue weighted by molar-refractivity contribution is 6.44. The Bertz CT molecular complexity index is 206. The summed E-state index contributed by atoms with van der Waals surface area (Å²) >= 11 is 11.0. The third-order valence-corrected chi connectivity index (χ3v) is 1.73. The molecule has 0 aromatic rings. The van der Waals surface area contributed by atoms with Gasteiger partial charge in [-0.05, 0) is 6.42 Å². The largest absolute Gasteiger partial charge is 0.236 e. The van der Waals surface area contributed by atoms with Crippen LogP contribution in [0.25, 0.3) is 0 Å². The maximum Gasteiger partial charge on any atom is 0.236 e. The fourth-order valence-corrected chi connectivity index (χ4v) is 0.950. The highest BCUT2D eigenvalue weighted by Crippen LogP contribution is 2.11. The maximum absolute atomic E-state index is 9.20. The van der Waals surface area contributed by atoms with E-state index in [1.165, 1.54) is 25.0 Å². The van der Waals surface area contributed by atoms with Gasteiger partial charge in [-0.1, -0.05) is 26.2 Å². The van der Waals surface area contributed by atoms with Gasteiger partial charge in [0, 0.05) is 0 Å². The molecule has 0 aromatic heterocycles. The molecule has 0 saturated heterocycles. The molecule has 0 saturated carbocycles. The van der Waals surface area contributed by atoms with Crippen molar-refractivity contribution in [1.29, 1.82) is 0 Å². The monoisotopic (exact) mass is 252 g/mol. The lowest BCUT2D eigenvalue weighted by molar-refractivity contribution is 0.560. The summed E-state index contributed by atoms with van der Waals surface area (Å²) < 4.78 is 0. The van der Waals surface area contributed by atoms with Crippen LogP contribution in [0, 0.1) is 0 Å². The van der Waals surface area contributed by atoms with Gasteiger partial charge in [0.1, 0.15) is 4.84 Å². The predicted octanol–water partition coefficient (Wildman–Crippen LogP) is 2.99. The zero-order valence-electron chi connectivity index (χ0n) is 8.58. The Hall–Kier alpha value is -0.660. The minimum Gasteiger partial charge on any atom is -0.211 e. The second-order valence-corrected chi connectivity index (χ2v) is 3.80. The molecule has 86 valence electrons. The van der Waals surface area contributed by atoms with E-state index < -0.39 is 0 Å². The number of aliphatic imine (C=N–C) groups is 2. The number of alkyl halides is 2. The molecule has 0 rings (SSSR count). The molecule has 0 aromatic carbocycles. The van der Waals surface area contributed by atoms with Gasteiger partial charge in [-0.25, -0.2) is 9.59 Å². The quantitative estimate of drug-likeness (QED) is 0.316. The van der Waals surface area contributed by atoms with Crippen LogP contribution in [-0.4, -0.2) is 23.7 Å². The van der Waals surface area contributed by atoms with E-state index in [9.17, 15) is 9.59 Å². The van der Waals surface area contributed by atoms with E-state index in [4.69, 9.17) is 23.2 Å². The number of hydrogen-bond acceptors (Lipinski definition) is 4. The standard InChI is InChI=1S/C6H12Cl2.C3H2N2O2/c1-2-3-4-5-6(7)8;6-2-4-1-5-3-7/h6H,2-5H2,1H3;1H2. The SMILES string of the molecule is CCCCCC(Cl)Cl.O=C=NCN=C=O. The summed E-state index contributed by atoms with van der Waals surface area (Å²) in [5.41, 5.74) is 0. The highest BCUT2D eigenvalue weighted by Gasteiger charge is 1.95. The van der Waals surface area contributed by atoms with E-state index >= 15 is 0 Å². The summed E-state index contributed by atoms with van der Waals surface area (Å²) in [4.78, 5) is 24.1. The summed E-state index contributed by atoms with van der Waals surface area (Å²) in [5, 5.41) is 0. The molecule has 0 spiro atoms. The minimum atomic E-state index is -0.160. The molecule has 0 heterocycles. The van der Waals surface area contributed by atoms with Crippen LogP contribution in [0.1, 0.15) is 32.6 Å². The van der Waals surface area contributed by atoms with Gasteiger partial charge in [0.2, 0.25) is 12.2 Å². The Labute approximate surface area is 99.4 Å². The summed E-state index contributed by atoms with van der Waals surface area (Å²) in [6.45, 7) is 2.00. The van der Waals surface area contributed by atoms with Crippen LogP contribution in [0.5, 0.6) is 0 Å². The van der Waals surface area contributed by atoms with Gasteiger partial charge in [-0.2, -0.15) is 9.98 Å². The molecule has 0 N–H and O–H groups in total. The van der Waals surface area contributed by atoms with E-state index in [-0.39, 0.29) is 11.5 Å². The molecule has 6 heteroatoms. The molecule has 0 fully saturated rings. The van der Waals surface area contributed by atoms with E-state index in [0.717, 1.165) is 12.8 Å². The molecule has 0 unspecified atom stereocenters. The Morgan fingerprint density at radius 3 is 2.00 bits per heavy atom. The van der Waals surface area contributed by atoms with Crippen molar-refractivity contribution in [3.8, 4) is 0 Å². The summed E-state index contributed by atoms with van der Waals surface area (Å²) in [6.07, 6.45) is 6.99. The normalized spacial score (nSPS) is 8.27. The average molecular weight is 253 g/mol. The Morgan fingerprint density at radius 2 is 1.67 bits per heavy atom. The van der Waals surface area contributed by atoms with Gasteiger partial charge >= 0.3 is 0 Å². The van der Waals surface area contributed by atoms with E-state index in [1.54, 1.807) is 0 Å². The van der Waals surface area contributed by atoms with Crippen molar-refractivity contribution >= 4 is 35.4 Å². The van der Waals surface area contributed by atoms with Crippen molar-refractivity contribution in [2.24, 2.45) is 9.98 Å². The molecule has 0 aliphatic rings. The number of halogens is 2. The summed E-state index contributed by atoms with van der Waals surface area (Å²) in [6, 6.07) is 0. The van der Waals surface area contributed by atoms with Crippen molar-refractivity contribution < 1.29 is 9.59 Å². The van der Waals surface area contributed by atoms with Crippen molar-refractivity contribution in [3.05, 3.63) is 0 Å². The van der Waals surface area contributed by atoms with E-state index in [2.05, 4.69) is 16.9 Å². The third kappa shape index (κ3) is 24.7. The second-order valence-electron chi connectivity index (χ2n) is 2.53. The van der Waals surface area contributed by atoms with Gasteiger partial charge in [0.05, 0.1) is 0 Å². The fraction of sp³-hybridized carbons (Fsp3) is 0.778. The number of hydrogen-bond donors (Lipinski definition) is 0. The number of nitrogens with zero attached hydrogens (tertiary/aromatic N) is 2. The van der Waals surface area contributed by atoms with Crippen molar-refractivity contribution in [2.45, 2.75) is 37.4 Å². The van der Waals surface area contributed by atoms with Gasteiger partial charge in [0.15, 0.2) is 6.67 Å². The summed E-state index contributed by atoms with van der Waals surface area (Å²) in [5.74, 6) is 0. The van der Waals surface area contributed by atoms with Crippen LogP contribution in [0.2, 0.25) is 0 Å². The topological polar surface area (TPSA) is 58.9 Å². The van der Waals surface area contributed by atoms with Crippen LogP contribution in [-0.2, 0) is 9.59 Å². The maximum atomic E-state index is 9.20. The van der Waals surface area contributed by atoms with Crippen LogP contribution < -0.4 is 0 Å². The van der Waals surface area contributed by atoms with Crippen LogP contribution in [0.15, 0.2) is 9.98 Å². The first-order valence-electron chi connectivity index (χ1n) is 4.54. The van der Waals surface area contributed by atoms with E-state index in [0.29, 0.717) is 0 Å². The molecule has 0 radical (unpaired) electrons. The first-order chi connectivity index (χ1) is 7.18. The number of unbranched alkanes of at least 4 members (excludes halogenated alkanes) is 2. The number of isocyanates is 2. The Balaban J connectivity index is 0. The molecular weight excluding hydrogens is 239 g/mol. The van der Waals surface area contributed by atoms with E-state index in [1.807, 2.05) is 0 Å². The lowest BCUT2D eigenvalue weighted by Gasteiger charge is -1.96. The van der Waals surface area contributed by atoms with Crippen molar-refractivity contribution in [1.82, 2.24) is 0 Å². The lowest BCUT2D eigenvalue weighted by Crippen LogP contribution is -1.84. The fourth-order valence-electron chi connectivity index (χ4n) is 0.642. The van der Waals surface area contributed by atoms with Gasteiger partial charge in [-0.3, -0.25) is 0 Å². The summed E-state index contributed by atoms with van der Waals surface area (Å²) in [7, 11) is 0. The minimum absolute atomic E-state index is 0.151. The number of rotatable bonds is 6. The van der Waals surface area contributed by atoms with Crippen LogP contribution >= 0.6 is 23.2 Å². The molecule has 0 atom stereocenters. The van der Waals surface area contributed by atoms with Crippen LogP contribution in [0.3, 0.4) is 0 Å². The zero-order valence-corrected chi connectivity index (χ0v) is 10.1. The predicted molar refractivity (Wildman–Crippen MR) is 60.7 cm³/mol. The van der Waals surface area contributed by atoms with Gasteiger partial charge < -0.3 is 0 Å². The lowest BCUT2D eigenvalue weighted by atomic mass is 10.2. The second kappa shape index (κ2) is 15.8. The van der Waals surface area contributed by atoms with Crippen molar-refractivity contribution in [2.75, 3.05) is 6.67 Å². The van der Waals surface area contributed by atoms with Crippen molar-refractivity contribution in [3.63, 3.8) is 0 Å². The van der Waals surface area contributed by atoms with Gasteiger partial charge in [-0.15, -0.1) is 23.2 Å². The molecule has 4 nitrogen and oxygen atoms in total. The zero-order chi connectivity index (χ0) is 11.9. The molecule has 0 amide bonds. The first kappa shape index (κ1) is 16.8.